The zero-order valence-electron chi connectivity index (χ0n) is 21.1. The molecule has 3 rings (SSSR count). The lowest BCUT2D eigenvalue weighted by Crippen LogP contribution is -2.50. The van der Waals surface area contributed by atoms with E-state index in [1.165, 1.54) is 0 Å². The summed E-state index contributed by atoms with van der Waals surface area (Å²) in [6, 6.07) is 7.47. The minimum absolute atomic E-state index is 0.0267. The number of piperazine rings is 1. The van der Waals surface area contributed by atoms with E-state index in [9.17, 15) is 9.59 Å². The van der Waals surface area contributed by atoms with Crippen LogP contribution >= 0.6 is 0 Å². The second-order valence-corrected chi connectivity index (χ2v) is 10.6. The first-order chi connectivity index (χ1) is 15.6. The highest BCUT2D eigenvalue weighted by molar-refractivity contribution is 5.77. The van der Waals surface area contributed by atoms with Crippen LogP contribution in [-0.2, 0) is 16.1 Å². The number of aromatic nitrogens is 2. The number of ether oxygens (including phenoxy) is 1. The molecule has 0 bridgehead atoms. The van der Waals surface area contributed by atoms with Crippen LogP contribution in [-0.4, -0.2) is 65.2 Å². The van der Waals surface area contributed by atoms with Crippen LogP contribution in [0.1, 0.15) is 59.3 Å². The summed E-state index contributed by atoms with van der Waals surface area (Å²) in [6.07, 6.45) is 1.65. The number of carbonyl (C=O) groups excluding carboxylic acids is 1. The standard InChI is InChI=1S/C26H40N4O3/c1-19(18-26(3,4)5)17-23(31)29-13-11-28(12-14-29)20(2)24-27-22-10-8-7-9-21(22)25(32)30(24)15-16-33-6/h7-10,19-20H,11-18H2,1-6H3. The van der Waals surface area contributed by atoms with Crippen molar-refractivity contribution in [3.63, 3.8) is 0 Å². The van der Waals surface area contributed by atoms with E-state index in [4.69, 9.17) is 9.72 Å². The molecule has 2 atom stereocenters. The Balaban J connectivity index is 1.71. The topological polar surface area (TPSA) is 67.7 Å². The van der Waals surface area contributed by atoms with Crippen LogP contribution in [0.4, 0.5) is 0 Å². The summed E-state index contributed by atoms with van der Waals surface area (Å²) < 4.78 is 7.00. The molecule has 1 fully saturated rings. The van der Waals surface area contributed by atoms with Gasteiger partial charge in [-0.15, -0.1) is 0 Å². The quantitative estimate of drug-likeness (QED) is 0.606. The molecule has 1 aliphatic heterocycles. The Labute approximate surface area is 197 Å². The van der Waals surface area contributed by atoms with Crippen molar-refractivity contribution in [1.82, 2.24) is 19.4 Å². The van der Waals surface area contributed by atoms with Crippen molar-refractivity contribution in [3.05, 3.63) is 40.4 Å². The van der Waals surface area contributed by atoms with Gasteiger partial charge in [-0.25, -0.2) is 4.98 Å². The first-order valence-corrected chi connectivity index (χ1v) is 12.1. The van der Waals surface area contributed by atoms with Crippen LogP contribution in [0, 0.1) is 11.3 Å². The number of fused-ring (bicyclic) bond motifs is 1. The summed E-state index contributed by atoms with van der Waals surface area (Å²) in [5, 5.41) is 0.629. The van der Waals surface area contributed by atoms with E-state index in [1.54, 1.807) is 11.7 Å². The molecule has 0 aliphatic carbocycles. The number of methoxy groups -OCH3 is 1. The van der Waals surface area contributed by atoms with E-state index < -0.39 is 0 Å². The predicted molar refractivity (Wildman–Crippen MR) is 132 cm³/mol. The predicted octanol–water partition coefficient (Wildman–Crippen LogP) is 3.71. The zero-order chi connectivity index (χ0) is 24.2. The van der Waals surface area contributed by atoms with Gasteiger partial charge in [0.2, 0.25) is 5.91 Å². The minimum atomic E-state index is -0.0313. The second-order valence-electron chi connectivity index (χ2n) is 10.6. The molecule has 0 saturated carbocycles. The lowest BCUT2D eigenvalue weighted by molar-refractivity contribution is -0.134. The van der Waals surface area contributed by atoms with E-state index in [1.807, 2.05) is 29.2 Å². The first-order valence-electron chi connectivity index (χ1n) is 12.1. The molecule has 0 radical (unpaired) electrons. The highest BCUT2D eigenvalue weighted by atomic mass is 16.5. The third-order valence-corrected chi connectivity index (χ3v) is 6.48. The Bertz CT molecular complexity index is 1000. The lowest BCUT2D eigenvalue weighted by atomic mass is 9.84. The fourth-order valence-corrected chi connectivity index (χ4v) is 4.97. The molecule has 182 valence electrons. The molecular formula is C26H40N4O3. The van der Waals surface area contributed by atoms with Gasteiger partial charge >= 0.3 is 0 Å². The molecule has 0 spiro atoms. The Morgan fingerprint density at radius 2 is 1.79 bits per heavy atom. The van der Waals surface area contributed by atoms with Crippen LogP contribution in [0.15, 0.2) is 29.1 Å². The number of amides is 1. The molecule has 7 heteroatoms. The van der Waals surface area contributed by atoms with Gasteiger partial charge in [-0.05, 0) is 36.8 Å². The molecule has 0 N–H and O–H groups in total. The van der Waals surface area contributed by atoms with Crippen molar-refractivity contribution >= 4 is 16.8 Å². The first kappa shape index (κ1) is 25.4. The van der Waals surface area contributed by atoms with E-state index >= 15 is 0 Å². The molecule has 33 heavy (non-hydrogen) atoms. The fraction of sp³-hybridized carbons (Fsp3) is 0.654. The molecule has 1 aromatic heterocycles. The average molecular weight is 457 g/mol. The number of nitrogens with zero attached hydrogens (tertiary/aromatic N) is 4. The fourth-order valence-electron chi connectivity index (χ4n) is 4.97. The molecule has 1 aromatic carbocycles. The van der Waals surface area contributed by atoms with Gasteiger partial charge in [0.1, 0.15) is 5.82 Å². The number of hydrogen-bond donors (Lipinski definition) is 0. The molecule has 2 heterocycles. The van der Waals surface area contributed by atoms with Crippen LogP contribution in [0.3, 0.4) is 0 Å². The van der Waals surface area contributed by atoms with Gasteiger partial charge in [0.15, 0.2) is 0 Å². The maximum Gasteiger partial charge on any atom is 0.261 e. The van der Waals surface area contributed by atoms with Crippen molar-refractivity contribution < 1.29 is 9.53 Å². The van der Waals surface area contributed by atoms with Crippen molar-refractivity contribution in [2.75, 3.05) is 39.9 Å². The highest BCUT2D eigenvalue weighted by Gasteiger charge is 2.28. The maximum atomic E-state index is 13.2. The van der Waals surface area contributed by atoms with Crippen molar-refractivity contribution in [1.29, 1.82) is 0 Å². The summed E-state index contributed by atoms with van der Waals surface area (Å²) in [4.78, 5) is 35.2. The average Bonchev–Trinajstić information content (AvgIpc) is 2.76. The van der Waals surface area contributed by atoms with Crippen molar-refractivity contribution in [3.8, 4) is 0 Å². The van der Waals surface area contributed by atoms with E-state index in [-0.39, 0.29) is 22.9 Å². The molecular weight excluding hydrogens is 416 g/mol. The summed E-state index contributed by atoms with van der Waals surface area (Å²) in [5.74, 6) is 1.39. The lowest BCUT2D eigenvalue weighted by Gasteiger charge is -2.38. The van der Waals surface area contributed by atoms with Crippen molar-refractivity contribution in [2.24, 2.45) is 11.3 Å². The Morgan fingerprint density at radius 1 is 1.12 bits per heavy atom. The SMILES string of the molecule is COCCn1c(C(C)N2CCN(C(=O)CC(C)CC(C)(C)C)CC2)nc2ccccc2c1=O. The van der Waals surface area contributed by atoms with Gasteiger partial charge in [-0.3, -0.25) is 19.1 Å². The number of carbonyl (C=O) groups is 1. The summed E-state index contributed by atoms with van der Waals surface area (Å²) in [6.45, 7) is 14.8. The smallest absolute Gasteiger partial charge is 0.261 e. The third-order valence-electron chi connectivity index (χ3n) is 6.48. The Hall–Kier alpha value is -2.25. The molecule has 7 nitrogen and oxygen atoms in total. The van der Waals surface area contributed by atoms with Crippen LogP contribution < -0.4 is 5.56 Å². The highest BCUT2D eigenvalue weighted by Crippen LogP contribution is 2.27. The molecule has 2 aromatic rings. The van der Waals surface area contributed by atoms with Gasteiger partial charge in [0.05, 0.1) is 30.1 Å². The van der Waals surface area contributed by atoms with Crippen molar-refractivity contribution in [2.45, 2.75) is 60.0 Å². The monoisotopic (exact) mass is 456 g/mol. The van der Waals surface area contributed by atoms with Gasteiger partial charge in [0.25, 0.3) is 5.56 Å². The van der Waals surface area contributed by atoms with Gasteiger partial charge in [-0.1, -0.05) is 39.8 Å². The summed E-state index contributed by atoms with van der Waals surface area (Å²) in [5.41, 5.74) is 0.931. The number of hydrogen-bond acceptors (Lipinski definition) is 5. The van der Waals surface area contributed by atoms with E-state index in [0.29, 0.717) is 44.0 Å². The third kappa shape index (κ3) is 6.42. The van der Waals surface area contributed by atoms with Gasteiger partial charge < -0.3 is 9.64 Å². The van der Waals surface area contributed by atoms with Gasteiger partial charge in [-0.2, -0.15) is 0 Å². The Kier molecular flexibility index (Phi) is 8.29. The summed E-state index contributed by atoms with van der Waals surface area (Å²) in [7, 11) is 1.64. The minimum Gasteiger partial charge on any atom is -0.383 e. The molecule has 2 unspecified atom stereocenters. The van der Waals surface area contributed by atoms with Crippen LogP contribution in [0.2, 0.25) is 0 Å². The number of rotatable bonds is 8. The van der Waals surface area contributed by atoms with Crippen LogP contribution in [0.5, 0.6) is 0 Å². The number of benzene rings is 1. The normalized spacial score (nSPS) is 17.3. The molecule has 1 amide bonds. The second kappa shape index (κ2) is 10.8. The van der Waals surface area contributed by atoms with Gasteiger partial charge in [0, 0.05) is 39.7 Å². The van der Waals surface area contributed by atoms with Crippen LogP contribution in [0.25, 0.3) is 10.9 Å². The Morgan fingerprint density at radius 3 is 2.42 bits per heavy atom. The molecule has 1 saturated heterocycles. The van der Waals surface area contributed by atoms with E-state index in [0.717, 1.165) is 30.9 Å². The summed E-state index contributed by atoms with van der Waals surface area (Å²) >= 11 is 0. The molecule has 1 aliphatic rings. The maximum absolute atomic E-state index is 13.2. The zero-order valence-corrected chi connectivity index (χ0v) is 21.1. The number of para-hydroxylation sites is 1. The van der Waals surface area contributed by atoms with E-state index in [2.05, 4.69) is 39.5 Å². The largest absolute Gasteiger partial charge is 0.383 e.